The van der Waals surface area contributed by atoms with Crippen molar-refractivity contribution in [3.8, 4) is 0 Å². The highest BCUT2D eigenvalue weighted by Crippen LogP contribution is 2.31. The molecule has 2 saturated carbocycles. The molecule has 0 aromatic carbocycles. The van der Waals surface area contributed by atoms with Gasteiger partial charge in [-0.25, -0.2) is 0 Å². The summed E-state index contributed by atoms with van der Waals surface area (Å²) in [5, 5.41) is 0. The molecule has 1 amide bonds. The topological polar surface area (TPSA) is 46.3 Å². The predicted octanol–water partition coefficient (Wildman–Crippen LogP) is 3.32. The third kappa shape index (κ3) is 3.97. The molecular weight excluding hydrogens is 248 g/mol. The van der Waals surface area contributed by atoms with Gasteiger partial charge in [-0.2, -0.15) is 0 Å². The van der Waals surface area contributed by atoms with Gasteiger partial charge in [-0.3, -0.25) is 4.79 Å². The fourth-order valence-electron chi connectivity index (χ4n) is 3.87. The summed E-state index contributed by atoms with van der Waals surface area (Å²) in [7, 11) is 0. The third-order valence-corrected chi connectivity index (χ3v) is 5.29. The molecule has 3 nitrogen and oxygen atoms in total. The van der Waals surface area contributed by atoms with Crippen molar-refractivity contribution in [2.24, 2.45) is 17.6 Å². The van der Waals surface area contributed by atoms with Crippen LogP contribution in [-0.4, -0.2) is 29.4 Å². The van der Waals surface area contributed by atoms with Crippen LogP contribution < -0.4 is 5.73 Å². The van der Waals surface area contributed by atoms with Crippen LogP contribution in [0.5, 0.6) is 0 Å². The zero-order chi connectivity index (χ0) is 14.5. The van der Waals surface area contributed by atoms with E-state index >= 15 is 0 Å². The summed E-state index contributed by atoms with van der Waals surface area (Å²) in [6, 6.07) is 0.821. The van der Waals surface area contributed by atoms with Crippen molar-refractivity contribution in [3.63, 3.8) is 0 Å². The monoisotopic (exact) mass is 280 g/mol. The molecule has 0 bridgehead atoms. The van der Waals surface area contributed by atoms with Crippen molar-refractivity contribution < 1.29 is 4.79 Å². The lowest BCUT2D eigenvalue weighted by Gasteiger charge is -2.39. The van der Waals surface area contributed by atoms with E-state index in [1.165, 1.54) is 12.8 Å². The molecule has 0 radical (unpaired) electrons. The van der Waals surface area contributed by atoms with Gasteiger partial charge in [0.2, 0.25) is 5.91 Å². The van der Waals surface area contributed by atoms with Crippen LogP contribution in [0.3, 0.4) is 0 Å². The van der Waals surface area contributed by atoms with Crippen LogP contribution in [0.25, 0.3) is 0 Å². The average Bonchev–Trinajstić information content (AvgIpc) is 2.46. The van der Waals surface area contributed by atoms with Crippen LogP contribution in [0.2, 0.25) is 0 Å². The minimum atomic E-state index is 0.299. The van der Waals surface area contributed by atoms with Gasteiger partial charge in [0.1, 0.15) is 0 Å². The molecule has 2 aliphatic rings. The van der Waals surface area contributed by atoms with Crippen LogP contribution in [0.15, 0.2) is 0 Å². The molecule has 2 rings (SSSR count). The van der Waals surface area contributed by atoms with E-state index in [-0.39, 0.29) is 0 Å². The zero-order valence-corrected chi connectivity index (χ0v) is 13.3. The standard InChI is InChI=1S/C17H32N2O/c1-3-12-19(16-10-8-15(18)9-11-16)17(20)14-6-4-13(2)5-7-14/h13-16H,3-12,18H2,1-2H3. The van der Waals surface area contributed by atoms with E-state index in [1.807, 2.05) is 0 Å². The van der Waals surface area contributed by atoms with E-state index < -0.39 is 0 Å². The van der Waals surface area contributed by atoms with Crippen molar-refractivity contribution in [2.75, 3.05) is 6.54 Å². The van der Waals surface area contributed by atoms with Crippen molar-refractivity contribution in [3.05, 3.63) is 0 Å². The van der Waals surface area contributed by atoms with Gasteiger partial charge in [0.15, 0.2) is 0 Å². The zero-order valence-electron chi connectivity index (χ0n) is 13.3. The molecule has 20 heavy (non-hydrogen) atoms. The third-order valence-electron chi connectivity index (χ3n) is 5.29. The van der Waals surface area contributed by atoms with E-state index in [0.29, 0.717) is 23.9 Å². The second kappa shape index (κ2) is 7.44. The highest BCUT2D eigenvalue weighted by molar-refractivity contribution is 5.79. The normalized spacial score (nSPS) is 34.8. The van der Waals surface area contributed by atoms with Gasteiger partial charge in [0.05, 0.1) is 0 Å². The number of hydrogen-bond donors (Lipinski definition) is 1. The number of carbonyl (C=O) groups is 1. The Morgan fingerprint density at radius 2 is 1.65 bits per heavy atom. The maximum Gasteiger partial charge on any atom is 0.225 e. The number of rotatable bonds is 4. The second-order valence-electron chi connectivity index (χ2n) is 7.06. The van der Waals surface area contributed by atoms with Gasteiger partial charge in [-0.05, 0) is 63.7 Å². The van der Waals surface area contributed by atoms with E-state index in [4.69, 9.17) is 5.73 Å². The average molecular weight is 280 g/mol. The smallest absolute Gasteiger partial charge is 0.225 e. The van der Waals surface area contributed by atoms with Crippen molar-refractivity contribution in [1.29, 1.82) is 0 Å². The summed E-state index contributed by atoms with van der Waals surface area (Å²) in [6.07, 6.45) is 10.1. The minimum absolute atomic E-state index is 0.299. The van der Waals surface area contributed by atoms with E-state index in [0.717, 1.165) is 57.4 Å². The first-order valence-corrected chi connectivity index (χ1v) is 8.67. The van der Waals surface area contributed by atoms with E-state index in [2.05, 4.69) is 18.7 Å². The van der Waals surface area contributed by atoms with Crippen LogP contribution in [0.4, 0.5) is 0 Å². The summed E-state index contributed by atoms with van der Waals surface area (Å²) >= 11 is 0. The van der Waals surface area contributed by atoms with Crippen LogP contribution >= 0.6 is 0 Å². The molecule has 0 saturated heterocycles. The predicted molar refractivity (Wildman–Crippen MR) is 83.4 cm³/mol. The van der Waals surface area contributed by atoms with Crippen LogP contribution in [0.1, 0.15) is 71.6 Å². The highest BCUT2D eigenvalue weighted by Gasteiger charge is 2.32. The number of amides is 1. The van der Waals surface area contributed by atoms with Crippen molar-refractivity contribution in [1.82, 2.24) is 4.90 Å². The molecule has 2 N–H and O–H groups in total. The molecule has 0 spiro atoms. The Hall–Kier alpha value is -0.570. The minimum Gasteiger partial charge on any atom is -0.339 e. The maximum atomic E-state index is 12.9. The molecule has 0 unspecified atom stereocenters. The van der Waals surface area contributed by atoms with Crippen LogP contribution in [-0.2, 0) is 4.79 Å². The first kappa shape index (κ1) is 15.8. The summed E-state index contributed by atoms with van der Waals surface area (Å²) in [6.45, 7) is 5.43. The van der Waals surface area contributed by atoms with E-state index in [1.54, 1.807) is 0 Å². The molecular formula is C17H32N2O. The molecule has 0 aliphatic heterocycles. The Labute approximate surface area is 124 Å². The van der Waals surface area contributed by atoms with Gasteiger partial charge < -0.3 is 10.6 Å². The van der Waals surface area contributed by atoms with Gasteiger partial charge in [-0.1, -0.05) is 13.8 Å². The number of nitrogens with two attached hydrogens (primary N) is 1. The van der Waals surface area contributed by atoms with Crippen molar-refractivity contribution >= 4 is 5.91 Å². The first-order valence-electron chi connectivity index (χ1n) is 8.67. The lowest BCUT2D eigenvalue weighted by Crippen LogP contribution is -2.47. The summed E-state index contributed by atoms with van der Waals surface area (Å²) in [4.78, 5) is 15.1. The molecule has 0 aromatic heterocycles. The summed E-state index contributed by atoms with van der Waals surface area (Å²) in [5.41, 5.74) is 6.00. The lowest BCUT2D eigenvalue weighted by atomic mass is 9.81. The van der Waals surface area contributed by atoms with Crippen molar-refractivity contribution in [2.45, 2.75) is 83.7 Å². The molecule has 0 atom stereocenters. The van der Waals surface area contributed by atoms with Gasteiger partial charge in [0.25, 0.3) is 0 Å². The lowest BCUT2D eigenvalue weighted by molar-refractivity contribution is -0.140. The van der Waals surface area contributed by atoms with Gasteiger partial charge in [0, 0.05) is 24.5 Å². The molecule has 3 heteroatoms. The number of carbonyl (C=O) groups excluding carboxylic acids is 1. The SMILES string of the molecule is CCCN(C(=O)C1CCC(C)CC1)C1CCC(N)CC1. The molecule has 2 fully saturated rings. The first-order chi connectivity index (χ1) is 9.61. The Bertz CT molecular complexity index is 302. The summed E-state index contributed by atoms with van der Waals surface area (Å²) < 4.78 is 0. The Morgan fingerprint density at radius 1 is 1.05 bits per heavy atom. The fraction of sp³-hybridized carbons (Fsp3) is 0.941. The fourth-order valence-corrected chi connectivity index (χ4v) is 3.87. The molecule has 0 heterocycles. The summed E-state index contributed by atoms with van der Waals surface area (Å²) in [5.74, 6) is 1.55. The second-order valence-corrected chi connectivity index (χ2v) is 7.06. The molecule has 116 valence electrons. The quantitative estimate of drug-likeness (QED) is 0.858. The highest BCUT2D eigenvalue weighted by atomic mass is 16.2. The number of hydrogen-bond acceptors (Lipinski definition) is 2. The number of nitrogens with zero attached hydrogens (tertiary/aromatic N) is 1. The molecule has 2 aliphatic carbocycles. The Kier molecular flexibility index (Phi) is 5.88. The molecule has 0 aromatic rings. The van der Waals surface area contributed by atoms with Gasteiger partial charge in [-0.15, -0.1) is 0 Å². The largest absolute Gasteiger partial charge is 0.339 e. The Morgan fingerprint density at radius 3 is 2.20 bits per heavy atom. The van der Waals surface area contributed by atoms with Gasteiger partial charge >= 0.3 is 0 Å². The maximum absolute atomic E-state index is 12.9. The Balaban J connectivity index is 1.94. The van der Waals surface area contributed by atoms with Crippen LogP contribution in [0, 0.1) is 11.8 Å². The van der Waals surface area contributed by atoms with E-state index in [9.17, 15) is 4.79 Å².